The molecule has 0 aromatic heterocycles. The third-order valence-electron chi connectivity index (χ3n) is 5.60. The van der Waals surface area contributed by atoms with Crippen LogP contribution in [0.2, 0.25) is 0 Å². The van der Waals surface area contributed by atoms with Gasteiger partial charge in [-0.2, -0.15) is 0 Å². The second kappa shape index (κ2) is 13.6. The lowest BCUT2D eigenvalue weighted by Crippen LogP contribution is -2.11. The van der Waals surface area contributed by atoms with Crippen LogP contribution in [0.25, 0.3) is 0 Å². The van der Waals surface area contributed by atoms with Crippen molar-refractivity contribution >= 4 is 45.2 Å². The van der Waals surface area contributed by atoms with Crippen LogP contribution in [0, 0.1) is 34.6 Å². The Bertz CT molecular complexity index is 931. The number of unbranched alkanes of at least 4 members (excludes halogenated alkanes) is 2. The van der Waals surface area contributed by atoms with Crippen LogP contribution >= 0.6 is 23.5 Å². The summed E-state index contributed by atoms with van der Waals surface area (Å²) < 4.78 is 0. The van der Waals surface area contributed by atoms with Crippen molar-refractivity contribution in [3.05, 3.63) is 58.1 Å². The van der Waals surface area contributed by atoms with Crippen LogP contribution in [0.5, 0.6) is 0 Å². The topological polar surface area (TPSA) is 48.8 Å². The van der Waals surface area contributed by atoms with Gasteiger partial charge >= 0.3 is 0 Å². The van der Waals surface area contributed by atoms with Gasteiger partial charge in [0.05, 0.1) is 0 Å². The van der Waals surface area contributed by atoms with Crippen molar-refractivity contribution in [3.8, 4) is 0 Å². The van der Waals surface area contributed by atoms with Crippen molar-refractivity contribution in [3.63, 3.8) is 0 Å². The summed E-state index contributed by atoms with van der Waals surface area (Å²) in [6.45, 7) is 12.4. The minimum Gasteiger partial charge on any atom is -0.335 e. The Labute approximate surface area is 203 Å². The summed E-state index contributed by atoms with van der Waals surface area (Å²) in [5, 5.41) is 9.02. The number of rotatable bonds is 8. The second-order valence-corrected chi connectivity index (χ2v) is 9.65. The summed E-state index contributed by atoms with van der Waals surface area (Å²) in [7, 11) is 0. The van der Waals surface area contributed by atoms with E-state index in [2.05, 4.69) is 88.1 Å². The first-order chi connectivity index (χ1) is 15.4. The number of hydrogen-bond acceptors (Lipinski definition) is 4. The lowest BCUT2D eigenvalue weighted by molar-refractivity contribution is 0.697. The van der Waals surface area contributed by atoms with Crippen LogP contribution in [-0.4, -0.2) is 35.9 Å². The molecule has 0 unspecified atom stereocenters. The van der Waals surface area contributed by atoms with Gasteiger partial charge < -0.3 is 10.6 Å². The first-order valence-electron chi connectivity index (χ1n) is 11.2. The maximum Gasteiger partial charge on any atom is 0.160 e. The lowest BCUT2D eigenvalue weighted by atomic mass is 10.0. The van der Waals surface area contributed by atoms with Crippen molar-refractivity contribution in [1.82, 2.24) is 0 Å². The Hall–Kier alpha value is -1.92. The van der Waals surface area contributed by atoms with Gasteiger partial charge in [0, 0.05) is 24.5 Å². The number of thioether (sulfide) groups is 2. The van der Waals surface area contributed by atoms with Gasteiger partial charge in [0.15, 0.2) is 10.3 Å². The summed E-state index contributed by atoms with van der Waals surface area (Å²) in [6, 6.07) is 10.7. The molecular weight excluding hydrogens is 432 g/mol. The molecule has 0 spiro atoms. The molecule has 0 heterocycles. The second-order valence-electron chi connectivity index (χ2n) is 8.06. The van der Waals surface area contributed by atoms with Gasteiger partial charge in [-0.05, 0) is 94.2 Å². The fourth-order valence-electron chi connectivity index (χ4n) is 3.44. The molecule has 0 radical (unpaired) electrons. The molecule has 0 amide bonds. The maximum absolute atomic E-state index is 4.79. The van der Waals surface area contributed by atoms with Gasteiger partial charge in [0.2, 0.25) is 0 Å². The summed E-state index contributed by atoms with van der Waals surface area (Å²) in [5.41, 5.74) is 8.71. The number of anilines is 2. The predicted molar refractivity (Wildman–Crippen MR) is 149 cm³/mol. The number of aryl methyl sites for hydroxylation is 4. The van der Waals surface area contributed by atoms with E-state index in [0.29, 0.717) is 0 Å². The van der Waals surface area contributed by atoms with Gasteiger partial charge in [0.25, 0.3) is 0 Å². The van der Waals surface area contributed by atoms with Crippen molar-refractivity contribution < 1.29 is 0 Å². The largest absolute Gasteiger partial charge is 0.335 e. The van der Waals surface area contributed by atoms with Crippen molar-refractivity contribution in [2.24, 2.45) is 9.98 Å². The van der Waals surface area contributed by atoms with Gasteiger partial charge in [-0.3, -0.25) is 9.98 Å². The Kier molecular flexibility index (Phi) is 11.2. The summed E-state index contributed by atoms with van der Waals surface area (Å²) in [6.07, 6.45) is 7.43. The molecule has 32 heavy (non-hydrogen) atoms. The van der Waals surface area contributed by atoms with Gasteiger partial charge in [-0.25, -0.2) is 0 Å². The number of para-hydroxylation sites is 1. The normalized spacial score (nSPS) is 12.2. The molecule has 0 aliphatic carbocycles. The average Bonchev–Trinajstić information content (AvgIpc) is 2.78. The standard InChI is InChI=1S/C26H38N4S2/c1-18-14-15-21(4)24(22(18)5)30-26(32-7)28-17-10-8-9-16-27-25(31-6)29-23-19(2)12-11-13-20(23)3/h11-15H,8-10,16-17H2,1-7H3,(H,27,29)(H,28,30). The third kappa shape index (κ3) is 7.89. The smallest absolute Gasteiger partial charge is 0.160 e. The zero-order valence-corrected chi connectivity index (χ0v) is 22.3. The van der Waals surface area contributed by atoms with Gasteiger partial charge in [-0.1, -0.05) is 53.9 Å². The molecule has 2 aromatic carbocycles. The highest BCUT2D eigenvalue weighted by atomic mass is 32.2. The molecule has 174 valence electrons. The number of amidine groups is 2. The molecule has 2 rings (SSSR count). The Balaban J connectivity index is 1.80. The highest BCUT2D eigenvalue weighted by molar-refractivity contribution is 8.13. The van der Waals surface area contributed by atoms with Crippen LogP contribution in [0.4, 0.5) is 11.4 Å². The molecular formula is C26H38N4S2. The first-order valence-corrected chi connectivity index (χ1v) is 13.7. The number of aliphatic imine (C=N–C) groups is 2. The molecule has 0 atom stereocenters. The summed E-state index contributed by atoms with van der Waals surface area (Å²) in [5.74, 6) is 0. The fraction of sp³-hybridized carbons (Fsp3) is 0.462. The van der Waals surface area contributed by atoms with Crippen molar-refractivity contribution in [2.45, 2.75) is 53.9 Å². The number of nitrogens with zero attached hydrogens (tertiary/aromatic N) is 2. The van der Waals surface area contributed by atoms with Gasteiger partial charge in [0.1, 0.15) is 0 Å². The Morgan fingerprint density at radius 3 is 1.66 bits per heavy atom. The SMILES string of the molecule is CSC(=NCCCCCN=C(Nc1c(C)ccc(C)c1C)SC)Nc1c(C)cccc1C. The van der Waals surface area contributed by atoms with Crippen LogP contribution in [0.3, 0.4) is 0 Å². The molecule has 0 bridgehead atoms. The maximum atomic E-state index is 4.79. The number of benzene rings is 2. The fourth-order valence-corrected chi connectivity index (χ4v) is 4.29. The first kappa shape index (κ1) is 26.3. The van der Waals surface area contributed by atoms with E-state index in [9.17, 15) is 0 Å². The Morgan fingerprint density at radius 2 is 1.12 bits per heavy atom. The van der Waals surface area contributed by atoms with E-state index in [1.54, 1.807) is 23.5 Å². The zero-order valence-electron chi connectivity index (χ0n) is 20.6. The molecule has 0 saturated carbocycles. The quantitative estimate of drug-likeness (QED) is 0.240. The van der Waals surface area contributed by atoms with E-state index in [-0.39, 0.29) is 0 Å². The summed E-state index contributed by atoms with van der Waals surface area (Å²) >= 11 is 3.34. The van der Waals surface area contributed by atoms with E-state index >= 15 is 0 Å². The zero-order chi connectivity index (χ0) is 23.5. The van der Waals surface area contributed by atoms with E-state index in [1.807, 2.05) is 0 Å². The lowest BCUT2D eigenvalue weighted by Gasteiger charge is -2.15. The molecule has 4 nitrogen and oxygen atoms in total. The monoisotopic (exact) mass is 470 g/mol. The van der Waals surface area contributed by atoms with E-state index < -0.39 is 0 Å². The van der Waals surface area contributed by atoms with Gasteiger partial charge in [-0.15, -0.1) is 0 Å². The predicted octanol–water partition coefficient (Wildman–Crippen LogP) is 7.36. The Morgan fingerprint density at radius 1 is 0.656 bits per heavy atom. The van der Waals surface area contributed by atoms with Crippen LogP contribution < -0.4 is 10.6 Å². The minimum atomic E-state index is 0.840. The van der Waals surface area contributed by atoms with Crippen LogP contribution in [0.15, 0.2) is 40.3 Å². The average molecular weight is 471 g/mol. The molecule has 0 aliphatic rings. The van der Waals surface area contributed by atoms with Crippen LogP contribution in [-0.2, 0) is 0 Å². The number of nitrogens with one attached hydrogen (secondary N) is 2. The highest BCUT2D eigenvalue weighted by Crippen LogP contribution is 2.24. The number of hydrogen-bond donors (Lipinski definition) is 2. The van der Waals surface area contributed by atoms with E-state index in [0.717, 1.165) is 42.7 Å². The highest BCUT2D eigenvalue weighted by Gasteiger charge is 2.07. The molecule has 0 fully saturated rings. The molecule has 0 aliphatic heterocycles. The molecule has 6 heteroatoms. The minimum absolute atomic E-state index is 0.840. The molecule has 2 N–H and O–H groups in total. The molecule has 2 aromatic rings. The van der Waals surface area contributed by atoms with Crippen LogP contribution in [0.1, 0.15) is 47.1 Å². The third-order valence-corrected chi connectivity index (χ3v) is 6.84. The van der Waals surface area contributed by atoms with E-state index in [4.69, 9.17) is 9.98 Å². The molecule has 0 saturated heterocycles. The van der Waals surface area contributed by atoms with Crippen molar-refractivity contribution in [2.75, 3.05) is 36.2 Å². The summed E-state index contributed by atoms with van der Waals surface area (Å²) in [4.78, 5) is 9.56. The van der Waals surface area contributed by atoms with Crippen molar-refractivity contribution in [1.29, 1.82) is 0 Å². The van der Waals surface area contributed by atoms with E-state index in [1.165, 1.54) is 39.2 Å².